The van der Waals surface area contributed by atoms with Gasteiger partial charge < -0.3 is 14.9 Å². The van der Waals surface area contributed by atoms with E-state index in [-0.39, 0.29) is 11.7 Å². The quantitative estimate of drug-likeness (QED) is 0.656. The summed E-state index contributed by atoms with van der Waals surface area (Å²) < 4.78 is 2.06. The second kappa shape index (κ2) is 8.07. The first-order valence-corrected chi connectivity index (χ1v) is 10.8. The molecule has 1 aliphatic carbocycles. The van der Waals surface area contributed by atoms with Crippen molar-refractivity contribution in [1.82, 2.24) is 30.0 Å². The van der Waals surface area contributed by atoms with Crippen LogP contribution in [0.5, 0.6) is 0 Å². The Balaban J connectivity index is 1.29. The maximum Gasteiger partial charge on any atom is 0.289 e. The Labute approximate surface area is 185 Å². The summed E-state index contributed by atoms with van der Waals surface area (Å²) in [6.07, 6.45) is 6.13. The topological polar surface area (TPSA) is 109 Å². The molecule has 32 heavy (non-hydrogen) atoms. The Morgan fingerprint density at radius 2 is 2.06 bits per heavy atom. The Morgan fingerprint density at radius 3 is 2.88 bits per heavy atom. The monoisotopic (exact) mass is 431 g/mol. The molecule has 0 bridgehead atoms. The van der Waals surface area contributed by atoms with Crippen molar-refractivity contribution in [1.29, 1.82) is 0 Å². The van der Waals surface area contributed by atoms with Crippen molar-refractivity contribution in [2.45, 2.75) is 38.8 Å². The van der Waals surface area contributed by atoms with Crippen LogP contribution >= 0.6 is 0 Å². The fourth-order valence-corrected chi connectivity index (χ4v) is 4.29. The largest absolute Gasteiger partial charge is 0.337 e. The second-order valence-electron chi connectivity index (χ2n) is 8.43. The predicted molar refractivity (Wildman–Crippen MR) is 119 cm³/mol. The lowest BCUT2D eigenvalue weighted by molar-refractivity contribution is -0.120. The minimum absolute atomic E-state index is 0.0997. The molecular formula is C23H25N7O2. The number of likely N-dealkylation sites (N-methyl/N-ethyl adjacent to an activating group) is 1. The van der Waals surface area contributed by atoms with Gasteiger partial charge in [0.05, 0.1) is 11.4 Å². The number of hydrogen-bond acceptors (Lipinski definition) is 5. The van der Waals surface area contributed by atoms with Crippen molar-refractivity contribution in [3.8, 4) is 0 Å². The van der Waals surface area contributed by atoms with E-state index in [1.54, 1.807) is 7.05 Å². The smallest absolute Gasteiger partial charge is 0.289 e. The molecule has 9 nitrogen and oxygen atoms in total. The number of fused-ring (bicyclic) bond motifs is 3. The van der Waals surface area contributed by atoms with Crippen molar-refractivity contribution in [3.63, 3.8) is 0 Å². The van der Waals surface area contributed by atoms with Gasteiger partial charge in [-0.1, -0.05) is 43.3 Å². The van der Waals surface area contributed by atoms with E-state index in [9.17, 15) is 9.59 Å². The van der Waals surface area contributed by atoms with E-state index >= 15 is 0 Å². The second-order valence-corrected chi connectivity index (χ2v) is 8.43. The normalized spacial score (nSPS) is 19.9. The molecule has 3 aromatic rings. The summed E-state index contributed by atoms with van der Waals surface area (Å²) in [5.41, 5.74) is 3.13. The Kier molecular flexibility index (Phi) is 5.08. The molecule has 1 aromatic carbocycles. The van der Waals surface area contributed by atoms with Gasteiger partial charge in [0.15, 0.2) is 0 Å². The van der Waals surface area contributed by atoms with Crippen LogP contribution in [0.3, 0.4) is 0 Å². The van der Waals surface area contributed by atoms with Crippen molar-refractivity contribution in [2.24, 2.45) is 5.92 Å². The lowest BCUT2D eigenvalue weighted by atomic mass is 9.98. The minimum Gasteiger partial charge on any atom is -0.337 e. The lowest BCUT2D eigenvalue weighted by Crippen LogP contribution is -2.47. The fraction of sp³-hybridized carbons (Fsp3) is 0.348. The number of nitrogens with one attached hydrogen (secondary N) is 2. The van der Waals surface area contributed by atoms with Gasteiger partial charge in [-0.3, -0.25) is 14.5 Å². The summed E-state index contributed by atoms with van der Waals surface area (Å²) in [6.45, 7) is 2.74. The van der Waals surface area contributed by atoms with Gasteiger partial charge >= 0.3 is 0 Å². The molecule has 1 aliphatic heterocycles. The Bertz CT molecular complexity index is 1190. The van der Waals surface area contributed by atoms with Crippen molar-refractivity contribution in [2.75, 3.05) is 11.9 Å². The molecule has 0 saturated carbocycles. The Hall–Kier alpha value is -3.75. The highest BCUT2D eigenvalue weighted by molar-refractivity contribution is 6.00. The summed E-state index contributed by atoms with van der Waals surface area (Å²) in [6, 6.07) is 9.15. The molecular weight excluding hydrogens is 406 g/mol. The van der Waals surface area contributed by atoms with Gasteiger partial charge in [-0.15, -0.1) is 10.2 Å². The molecule has 2 atom stereocenters. The highest BCUT2D eigenvalue weighted by atomic mass is 16.2. The van der Waals surface area contributed by atoms with E-state index in [2.05, 4.69) is 44.1 Å². The number of amides is 2. The molecule has 164 valence electrons. The van der Waals surface area contributed by atoms with Crippen LogP contribution in [0.15, 0.2) is 36.4 Å². The van der Waals surface area contributed by atoms with Crippen LogP contribution in [0.2, 0.25) is 0 Å². The number of carbonyl (C=O) groups excluding carboxylic acids is 2. The molecule has 0 spiro atoms. The van der Waals surface area contributed by atoms with Crippen LogP contribution in [0, 0.1) is 5.92 Å². The van der Waals surface area contributed by atoms with Crippen LogP contribution < -0.4 is 10.2 Å². The number of carbonyl (C=O) groups is 2. The summed E-state index contributed by atoms with van der Waals surface area (Å²) in [5.74, 6) is 1.11. The van der Waals surface area contributed by atoms with Crippen LogP contribution in [0.25, 0.3) is 6.08 Å². The van der Waals surface area contributed by atoms with Crippen molar-refractivity contribution >= 4 is 23.8 Å². The first-order chi connectivity index (χ1) is 15.5. The zero-order valence-electron chi connectivity index (χ0n) is 18.1. The van der Waals surface area contributed by atoms with Gasteiger partial charge in [0.2, 0.25) is 11.8 Å². The predicted octanol–water partition coefficient (Wildman–Crippen LogP) is 1.96. The molecule has 2 unspecified atom stereocenters. The van der Waals surface area contributed by atoms with E-state index in [1.165, 1.54) is 4.90 Å². The molecule has 2 N–H and O–H groups in total. The third-order valence-corrected chi connectivity index (χ3v) is 6.00. The maximum absolute atomic E-state index is 13.1. The lowest BCUT2D eigenvalue weighted by Gasteiger charge is -2.19. The molecule has 2 aliphatic rings. The van der Waals surface area contributed by atoms with Gasteiger partial charge in [-0.05, 0) is 30.4 Å². The first-order valence-electron chi connectivity index (χ1n) is 10.8. The van der Waals surface area contributed by atoms with Gasteiger partial charge in [0.25, 0.3) is 11.8 Å². The van der Waals surface area contributed by atoms with Gasteiger partial charge in [0.1, 0.15) is 11.9 Å². The summed E-state index contributed by atoms with van der Waals surface area (Å²) >= 11 is 0. The highest BCUT2D eigenvalue weighted by Crippen LogP contribution is 2.29. The number of anilines is 1. The maximum atomic E-state index is 13.1. The summed E-state index contributed by atoms with van der Waals surface area (Å²) in [7, 11) is 1.71. The average molecular weight is 432 g/mol. The summed E-state index contributed by atoms with van der Waals surface area (Å²) in [4.78, 5) is 35.1. The van der Waals surface area contributed by atoms with Crippen molar-refractivity contribution in [3.05, 3.63) is 65.0 Å². The highest BCUT2D eigenvalue weighted by Gasteiger charge is 2.33. The van der Waals surface area contributed by atoms with Crippen LogP contribution in [-0.4, -0.2) is 49.6 Å². The van der Waals surface area contributed by atoms with Crippen LogP contribution in [0.1, 0.15) is 46.7 Å². The number of nitrogens with zero attached hydrogens (tertiary/aromatic N) is 5. The number of aromatic nitrogens is 5. The van der Waals surface area contributed by atoms with E-state index in [4.69, 9.17) is 4.98 Å². The molecule has 0 radical (unpaired) electrons. The van der Waals surface area contributed by atoms with E-state index in [0.29, 0.717) is 37.1 Å². The zero-order chi connectivity index (χ0) is 22.2. The third kappa shape index (κ3) is 3.70. The number of allylic oxidation sites excluding steroid dienone is 1. The van der Waals surface area contributed by atoms with Crippen molar-refractivity contribution < 1.29 is 9.59 Å². The van der Waals surface area contributed by atoms with E-state index in [1.807, 2.05) is 30.3 Å². The van der Waals surface area contributed by atoms with E-state index < -0.39 is 11.9 Å². The molecule has 9 heteroatoms. The Morgan fingerprint density at radius 1 is 1.25 bits per heavy atom. The molecule has 5 rings (SSSR count). The zero-order valence-corrected chi connectivity index (χ0v) is 18.1. The third-order valence-electron chi connectivity index (χ3n) is 6.00. The SMILES string of the molecule is CC1C=Cc2c(nc3n2CCC(NC(=O)c2nnc(Cc4ccccc4)[nH]2)C(=O)N3C)C1. The fourth-order valence-electron chi connectivity index (χ4n) is 4.29. The minimum atomic E-state index is -0.668. The number of aromatic amines is 1. The number of rotatable bonds is 4. The number of H-pyrrole nitrogens is 1. The van der Waals surface area contributed by atoms with Gasteiger partial charge in [0, 0.05) is 20.0 Å². The molecule has 2 aromatic heterocycles. The molecule has 2 amide bonds. The van der Waals surface area contributed by atoms with Crippen LogP contribution in [-0.2, 0) is 24.2 Å². The van der Waals surface area contributed by atoms with Gasteiger partial charge in [-0.25, -0.2) is 4.98 Å². The molecule has 0 saturated heterocycles. The number of benzene rings is 1. The standard InChI is InChI=1S/C23H25N7O2/c1-14-8-9-18-17(12-14)25-23-29(2)22(32)16(10-11-30(18)23)24-21(31)20-26-19(27-28-20)13-15-6-4-3-5-7-15/h3-9,14,16H,10-13H2,1-2H3,(H,24,31)(H,26,27,28). The number of imidazole rings is 1. The summed E-state index contributed by atoms with van der Waals surface area (Å²) in [5, 5.41) is 10.9. The van der Waals surface area contributed by atoms with Crippen LogP contribution in [0.4, 0.5) is 5.95 Å². The van der Waals surface area contributed by atoms with E-state index in [0.717, 1.165) is 23.4 Å². The number of hydrogen-bond donors (Lipinski definition) is 2. The molecule has 0 fully saturated rings. The first kappa shape index (κ1) is 20.2. The molecule has 3 heterocycles. The van der Waals surface area contributed by atoms with Gasteiger partial charge in [-0.2, -0.15) is 0 Å². The average Bonchev–Trinajstić information content (AvgIpc) is 3.38.